The lowest BCUT2D eigenvalue weighted by molar-refractivity contribution is 0.0953. The summed E-state index contributed by atoms with van der Waals surface area (Å²) in [7, 11) is 0. The molecule has 0 aliphatic carbocycles. The lowest BCUT2D eigenvalue weighted by Gasteiger charge is -2.19. The van der Waals surface area contributed by atoms with Crippen molar-refractivity contribution < 1.29 is 18.7 Å². The lowest BCUT2D eigenvalue weighted by atomic mass is 10.2. The molecule has 0 unspecified atom stereocenters. The zero-order valence-electron chi connectivity index (χ0n) is 16.5. The molecular formula is C21H23N5O4. The van der Waals surface area contributed by atoms with Crippen molar-refractivity contribution in [3.05, 3.63) is 59.6 Å². The van der Waals surface area contributed by atoms with Gasteiger partial charge in [-0.25, -0.2) is 0 Å². The molecule has 0 spiro atoms. The molecule has 0 saturated heterocycles. The van der Waals surface area contributed by atoms with Crippen LogP contribution in [-0.4, -0.2) is 52.0 Å². The molecule has 0 saturated carbocycles. The molecule has 156 valence electrons. The van der Waals surface area contributed by atoms with Crippen LogP contribution in [0.2, 0.25) is 0 Å². The van der Waals surface area contributed by atoms with E-state index in [2.05, 4.69) is 37.1 Å². The van der Waals surface area contributed by atoms with E-state index < -0.39 is 0 Å². The summed E-state index contributed by atoms with van der Waals surface area (Å²) in [5.74, 6) is 3.39. The fraction of sp³-hybridized carbons (Fsp3) is 0.381. The summed E-state index contributed by atoms with van der Waals surface area (Å²) >= 11 is 0. The van der Waals surface area contributed by atoms with E-state index in [4.69, 9.17) is 13.9 Å². The van der Waals surface area contributed by atoms with Crippen molar-refractivity contribution in [2.75, 3.05) is 26.4 Å². The van der Waals surface area contributed by atoms with Gasteiger partial charge in [-0.1, -0.05) is 6.07 Å². The molecular weight excluding hydrogens is 386 g/mol. The molecule has 0 bridgehead atoms. The zero-order valence-corrected chi connectivity index (χ0v) is 16.5. The van der Waals surface area contributed by atoms with Crippen molar-refractivity contribution in [2.24, 2.45) is 0 Å². The van der Waals surface area contributed by atoms with Gasteiger partial charge in [-0.05, 0) is 23.8 Å². The highest BCUT2D eigenvalue weighted by molar-refractivity contribution is 5.93. The first kappa shape index (κ1) is 18.7. The third-order valence-corrected chi connectivity index (χ3v) is 5.46. The largest absolute Gasteiger partial charge is 0.472 e. The summed E-state index contributed by atoms with van der Waals surface area (Å²) in [5.41, 5.74) is 1.73. The van der Waals surface area contributed by atoms with Gasteiger partial charge in [0.25, 0.3) is 5.91 Å². The summed E-state index contributed by atoms with van der Waals surface area (Å²) < 4.78 is 18.0. The molecule has 3 aromatic rings. The Morgan fingerprint density at radius 3 is 2.93 bits per heavy atom. The second kappa shape index (κ2) is 8.19. The number of benzene rings is 1. The van der Waals surface area contributed by atoms with Gasteiger partial charge >= 0.3 is 0 Å². The number of nitrogens with zero attached hydrogens (tertiary/aromatic N) is 4. The number of aromatic nitrogens is 3. The summed E-state index contributed by atoms with van der Waals surface area (Å²) in [5, 5.41) is 11.6. The molecule has 2 aliphatic rings. The van der Waals surface area contributed by atoms with Gasteiger partial charge in [0.2, 0.25) is 6.79 Å². The van der Waals surface area contributed by atoms with Crippen molar-refractivity contribution >= 4 is 5.91 Å². The molecule has 5 rings (SSSR count). The van der Waals surface area contributed by atoms with Crippen LogP contribution in [0, 0.1) is 0 Å². The van der Waals surface area contributed by atoms with E-state index >= 15 is 0 Å². The molecule has 1 N–H and O–H groups in total. The summed E-state index contributed by atoms with van der Waals surface area (Å²) in [4.78, 5) is 14.4. The van der Waals surface area contributed by atoms with Crippen LogP contribution in [0.15, 0.2) is 41.2 Å². The Bertz CT molecular complexity index is 1030. The number of ether oxygens (including phenoxy) is 2. The molecule has 0 fully saturated rings. The smallest absolute Gasteiger partial charge is 0.254 e. The first-order chi connectivity index (χ1) is 14.8. The number of rotatable bonds is 6. The maximum absolute atomic E-state index is 12.0. The number of nitrogens with one attached hydrogen (secondary N) is 1. The minimum absolute atomic E-state index is 0.144. The molecule has 2 aliphatic heterocycles. The highest BCUT2D eigenvalue weighted by atomic mass is 16.7. The van der Waals surface area contributed by atoms with Gasteiger partial charge in [-0.2, -0.15) is 0 Å². The average Bonchev–Trinajstić information content (AvgIpc) is 3.49. The van der Waals surface area contributed by atoms with Crippen molar-refractivity contribution in [2.45, 2.75) is 25.9 Å². The van der Waals surface area contributed by atoms with E-state index in [-0.39, 0.29) is 5.91 Å². The highest BCUT2D eigenvalue weighted by Gasteiger charge is 2.20. The first-order valence-corrected chi connectivity index (χ1v) is 10.1. The summed E-state index contributed by atoms with van der Waals surface area (Å²) in [6, 6.07) is 7.77. The molecule has 4 heterocycles. The Hall–Kier alpha value is -3.33. The summed E-state index contributed by atoms with van der Waals surface area (Å²) in [6.45, 7) is 4.31. The topological polar surface area (TPSA) is 94.7 Å². The van der Waals surface area contributed by atoms with Gasteiger partial charge in [0.1, 0.15) is 17.9 Å². The number of hydrogen-bond acceptors (Lipinski definition) is 7. The Labute approximate surface area is 173 Å². The third kappa shape index (κ3) is 3.88. The molecule has 0 atom stereocenters. The molecule has 9 nitrogen and oxygen atoms in total. The van der Waals surface area contributed by atoms with Gasteiger partial charge in [0.05, 0.1) is 11.8 Å². The Morgan fingerprint density at radius 1 is 1.10 bits per heavy atom. The van der Waals surface area contributed by atoms with Gasteiger partial charge in [-0.15, -0.1) is 10.2 Å². The van der Waals surface area contributed by atoms with E-state index in [9.17, 15) is 4.79 Å². The molecule has 9 heteroatoms. The predicted octanol–water partition coefficient (Wildman–Crippen LogP) is 1.63. The number of fused-ring (bicyclic) bond motifs is 2. The predicted molar refractivity (Wildman–Crippen MR) is 106 cm³/mol. The number of hydrogen-bond donors (Lipinski definition) is 1. The van der Waals surface area contributed by atoms with E-state index in [1.807, 2.05) is 6.07 Å². The third-order valence-electron chi connectivity index (χ3n) is 5.46. The van der Waals surface area contributed by atoms with Crippen molar-refractivity contribution in [1.29, 1.82) is 0 Å². The first-order valence-electron chi connectivity index (χ1n) is 10.1. The maximum atomic E-state index is 12.0. The van der Waals surface area contributed by atoms with Gasteiger partial charge < -0.3 is 23.8 Å². The van der Waals surface area contributed by atoms with Gasteiger partial charge in [0.15, 0.2) is 11.5 Å². The van der Waals surface area contributed by atoms with Crippen LogP contribution in [-0.2, 0) is 25.9 Å². The van der Waals surface area contributed by atoms with Crippen molar-refractivity contribution in [3.8, 4) is 11.5 Å². The quantitative estimate of drug-likeness (QED) is 0.661. The molecule has 1 amide bonds. The van der Waals surface area contributed by atoms with Crippen LogP contribution in [0.25, 0.3) is 0 Å². The van der Waals surface area contributed by atoms with Crippen molar-refractivity contribution in [3.63, 3.8) is 0 Å². The summed E-state index contributed by atoms with van der Waals surface area (Å²) in [6.07, 6.45) is 4.41. The number of carbonyl (C=O) groups is 1. The van der Waals surface area contributed by atoms with Crippen LogP contribution in [0.5, 0.6) is 11.5 Å². The second-order valence-corrected chi connectivity index (χ2v) is 7.42. The van der Waals surface area contributed by atoms with E-state index in [0.717, 1.165) is 55.7 Å². The van der Waals surface area contributed by atoms with E-state index in [1.165, 1.54) is 18.1 Å². The van der Waals surface area contributed by atoms with Gasteiger partial charge in [-0.3, -0.25) is 9.69 Å². The lowest BCUT2D eigenvalue weighted by Crippen LogP contribution is -2.28. The Kier molecular flexibility index (Phi) is 5.10. The normalized spacial score (nSPS) is 15.6. The average molecular weight is 409 g/mol. The zero-order chi connectivity index (χ0) is 20.3. The molecule has 1 aromatic carbocycles. The van der Waals surface area contributed by atoms with E-state index in [1.54, 1.807) is 6.07 Å². The van der Waals surface area contributed by atoms with Crippen LogP contribution < -0.4 is 14.8 Å². The number of furan rings is 1. The number of carbonyl (C=O) groups excluding carboxylic acids is 1. The molecule has 2 aromatic heterocycles. The minimum atomic E-state index is -0.144. The van der Waals surface area contributed by atoms with Gasteiger partial charge in [0, 0.05) is 45.6 Å². The minimum Gasteiger partial charge on any atom is -0.472 e. The standard InChI is InChI=1S/C21H23N5O4/c27-21(16-5-10-28-13-16)22-6-3-19-23-24-20-4-7-25(8-9-26(19)20)12-15-1-2-17-18(11-15)30-14-29-17/h1-2,5,10-11,13H,3-4,6-9,12,14H2,(H,22,27). The highest BCUT2D eigenvalue weighted by Crippen LogP contribution is 2.32. The SMILES string of the molecule is O=C(NCCc1nnc2n1CCN(Cc1ccc3c(c1)OCO3)CC2)c1ccoc1. The van der Waals surface area contributed by atoms with Crippen LogP contribution in [0.3, 0.4) is 0 Å². The van der Waals surface area contributed by atoms with Crippen LogP contribution in [0.4, 0.5) is 0 Å². The van der Waals surface area contributed by atoms with Crippen LogP contribution in [0.1, 0.15) is 27.6 Å². The molecule has 30 heavy (non-hydrogen) atoms. The molecule has 0 radical (unpaired) electrons. The fourth-order valence-corrected chi connectivity index (χ4v) is 3.85. The van der Waals surface area contributed by atoms with E-state index in [0.29, 0.717) is 25.3 Å². The number of amides is 1. The van der Waals surface area contributed by atoms with Crippen LogP contribution >= 0.6 is 0 Å². The van der Waals surface area contributed by atoms with Crippen molar-refractivity contribution in [1.82, 2.24) is 25.0 Å². The Balaban J connectivity index is 1.17. The maximum Gasteiger partial charge on any atom is 0.254 e. The Morgan fingerprint density at radius 2 is 2.03 bits per heavy atom. The fourth-order valence-electron chi connectivity index (χ4n) is 3.85. The monoisotopic (exact) mass is 409 g/mol. The second-order valence-electron chi connectivity index (χ2n) is 7.42.